The lowest BCUT2D eigenvalue weighted by Crippen LogP contribution is -2.47. The molecular formula is C17H21N7O3. The van der Waals surface area contributed by atoms with Crippen molar-refractivity contribution in [2.75, 3.05) is 23.3 Å². The topological polar surface area (TPSA) is 118 Å². The maximum absolute atomic E-state index is 12.3. The van der Waals surface area contributed by atoms with E-state index in [1.54, 1.807) is 19.4 Å². The largest absolute Gasteiger partial charge is 0.366 e. The second kappa shape index (κ2) is 7.11. The zero-order chi connectivity index (χ0) is 19.7. The Balaban J connectivity index is 1.93. The Hall–Kier alpha value is -3.35. The van der Waals surface area contributed by atoms with E-state index in [9.17, 15) is 19.6 Å². The van der Waals surface area contributed by atoms with E-state index in [0.29, 0.717) is 18.9 Å². The van der Waals surface area contributed by atoms with E-state index in [4.69, 9.17) is 0 Å². The molecule has 1 saturated heterocycles. The number of aromatic nitrogens is 4. The van der Waals surface area contributed by atoms with Gasteiger partial charge in [0.1, 0.15) is 11.9 Å². The Morgan fingerprint density at radius 3 is 2.63 bits per heavy atom. The molecule has 0 aliphatic carbocycles. The summed E-state index contributed by atoms with van der Waals surface area (Å²) in [7, 11) is 4.52. The first-order chi connectivity index (χ1) is 12.8. The predicted octanol–water partition coefficient (Wildman–Crippen LogP) is -0.870. The van der Waals surface area contributed by atoms with Gasteiger partial charge in [-0.05, 0) is 12.8 Å². The number of hydrogen-bond acceptors (Lipinski definition) is 7. The van der Waals surface area contributed by atoms with Crippen LogP contribution in [0.2, 0.25) is 0 Å². The highest BCUT2D eigenvalue weighted by Gasteiger charge is 2.25. The van der Waals surface area contributed by atoms with Gasteiger partial charge in [0, 0.05) is 52.7 Å². The van der Waals surface area contributed by atoms with Crippen LogP contribution in [0.4, 0.5) is 11.6 Å². The molecule has 0 radical (unpaired) electrons. The van der Waals surface area contributed by atoms with E-state index in [0.717, 1.165) is 17.4 Å². The number of anilines is 2. The van der Waals surface area contributed by atoms with Gasteiger partial charge in [-0.15, -0.1) is 0 Å². The van der Waals surface area contributed by atoms with Crippen LogP contribution in [-0.2, 0) is 21.1 Å². The van der Waals surface area contributed by atoms with Gasteiger partial charge in [-0.2, -0.15) is 5.26 Å². The van der Waals surface area contributed by atoms with Gasteiger partial charge in [0.15, 0.2) is 11.4 Å². The molecular weight excluding hydrogens is 350 g/mol. The zero-order valence-electron chi connectivity index (χ0n) is 15.5. The fourth-order valence-electron chi connectivity index (χ4n) is 3.30. The third-order valence-electron chi connectivity index (χ3n) is 4.84. The molecule has 0 spiro atoms. The van der Waals surface area contributed by atoms with Gasteiger partial charge in [0.05, 0.1) is 0 Å². The van der Waals surface area contributed by atoms with E-state index in [-0.39, 0.29) is 23.0 Å². The first-order valence-corrected chi connectivity index (χ1v) is 8.58. The quantitative estimate of drug-likeness (QED) is 0.745. The summed E-state index contributed by atoms with van der Waals surface area (Å²) in [4.78, 5) is 42.8. The Morgan fingerprint density at radius 1 is 1.19 bits per heavy atom. The molecule has 1 N–H and O–H groups in total. The molecule has 27 heavy (non-hydrogen) atoms. The molecule has 1 atom stereocenters. The lowest BCUT2D eigenvalue weighted by atomic mass is 10.1. The molecule has 0 aromatic carbocycles. The highest BCUT2D eigenvalue weighted by Crippen LogP contribution is 2.18. The van der Waals surface area contributed by atoms with Crippen molar-refractivity contribution in [2.45, 2.75) is 18.9 Å². The Kier molecular flexibility index (Phi) is 4.85. The molecule has 3 heterocycles. The van der Waals surface area contributed by atoms with Crippen LogP contribution in [0, 0.1) is 11.3 Å². The molecule has 2 aromatic heterocycles. The SMILES string of the molecule is Cn1ccnc(N2CCCC(Nc3c(C#N)c(=O)n(C)c(=O)n3C)C2)c1=O. The minimum absolute atomic E-state index is 0.106. The van der Waals surface area contributed by atoms with Gasteiger partial charge < -0.3 is 14.8 Å². The molecule has 1 aliphatic rings. The molecule has 0 bridgehead atoms. The minimum Gasteiger partial charge on any atom is -0.366 e. The molecule has 1 unspecified atom stereocenters. The van der Waals surface area contributed by atoms with E-state index >= 15 is 0 Å². The van der Waals surface area contributed by atoms with Gasteiger partial charge in [-0.3, -0.25) is 18.7 Å². The molecule has 1 aliphatic heterocycles. The van der Waals surface area contributed by atoms with Crippen LogP contribution in [0.25, 0.3) is 0 Å². The van der Waals surface area contributed by atoms with Crippen molar-refractivity contribution in [1.82, 2.24) is 18.7 Å². The maximum Gasteiger partial charge on any atom is 0.332 e. The highest BCUT2D eigenvalue weighted by atomic mass is 16.2. The number of piperidine rings is 1. The molecule has 142 valence electrons. The smallest absolute Gasteiger partial charge is 0.332 e. The number of nitriles is 1. The second-order valence-corrected chi connectivity index (χ2v) is 6.64. The number of hydrogen-bond donors (Lipinski definition) is 1. The normalized spacial score (nSPS) is 16.8. The number of nitrogens with one attached hydrogen (secondary N) is 1. The van der Waals surface area contributed by atoms with Crippen molar-refractivity contribution in [1.29, 1.82) is 5.26 Å². The van der Waals surface area contributed by atoms with Crippen LogP contribution in [0.1, 0.15) is 18.4 Å². The second-order valence-electron chi connectivity index (χ2n) is 6.64. The van der Waals surface area contributed by atoms with Crippen LogP contribution in [0.5, 0.6) is 0 Å². The van der Waals surface area contributed by atoms with Crippen molar-refractivity contribution < 1.29 is 0 Å². The third kappa shape index (κ3) is 3.23. The Bertz CT molecular complexity index is 1090. The van der Waals surface area contributed by atoms with Crippen LogP contribution >= 0.6 is 0 Å². The summed E-state index contributed by atoms with van der Waals surface area (Å²) >= 11 is 0. The van der Waals surface area contributed by atoms with Crippen molar-refractivity contribution in [3.05, 3.63) is 49.1 Å². The Morgan fingerprint density at radius 2 is 1.93 bits per heavy atom. The highest BCUT2D eigenvalue weighted by molar-refractivity contribution is 5.52. The predicted molar refractivity (Wildman–Crippen MR) is 100.0 cm³/mol. The molecule has 0 amide bonds. The van der Waals surface area contributed by atoms with Crippen molar-refractivity contribution in [2.24, 2.45) is 21.1 Å². The summed E-state index contributed by atoms with van der Waals surface area (Å²) in [6.45, 7) is 1.16. The third-order valence-corrected chi connectivity index (χ3v) is 4.84. The molecule has 3 rings (SSSR count). The van der Waals surface area contributed by atoms with Crippen LogP contribution in [0.15, 0.2) is 26.8 Å². The van der Waals surface area contributed by atoms with Crippen LogP contribution < -0.4 is 27.0 Å². The van der Waals surface area contributed by atoms with Gasteiger partial charge >= 0.3 is 5.69 Å². The summed E-state index contributed by atoms with van der Waals surface area (Å²) in [5.74, 6) is 0.566. The average Bonchev–Trinajstić information content (AvgIpc) is 2.67. The minimum atomic E-state index is -0.630. The van der Waals surface area contributed by atoms with Gasteiger partial charge in [0.2, 0.25) is 0 Å². The molecule has 2 aromatic rings. The van der Waals surface area contributed by atoms with E-state index in [1.165, 1.54) is 23.2 Å². The standard InChI is InChI=1S/C17H21N7O3/c1-21-8-6-19-14(16(21)26)24-7-4-5-11(10-24)20-13-12(9-18)15(25)23(3)17(27)22(13)2/h6,8,11,20H,4-5,7,10H2,1-3H3. The fourth-order valence-corrected chi connectivity index (χ4v) is 3.30. The van der Waals surface area contributed by atoms with Crippen molar-refractivity contribution >= 4 is 11.6 Å². The summed E-state index contributed by atoms with van der Waals surface area (Å²) in [6, 6.07) is 1.74. The first kappa shape index (κ1) is 18.4. The summed E-state index contributed by atoms with van der Waals surface area (Å²) < 4.78 is 3.64. The van der Waals surface area contributed by atoms with Crippen LogP contribution in [-0.4, -0.2) is 37.8 Å². The number of nitrogens with zero attached hydrogens (tertiary/aromatic N) is 6. The number of aryl methyl sites for hydroxylation is 1. The van der Waals surface area contributed by atoms with E-state index in [2.05, 4.69) is 10.3 Å². The average molecular weight is 371 g/mol. The summed E-state index contributed by atoms with van der Waals surface area (Å²) in [5, 5.41) is 12.5. The first-order valence-electron chi connectivity index (χ1n) is 8.58. The van der Waals surface area contributed by atoms with Gasteiger partial charge in [-0.25, -0.2) is 9.78 Å². The zero-order valence-corrected chi connectivity index (χ0v) is 15.5. The fraction of sp³-hybridized carbons (Fsp3) is 0.471. The molecule has 0 saturated carbocycles. The van der Waals surface area contributed by atoms with Gasteiger partial charge in [-0.1, -0.05) is 0 Å². The van der Waals surface area contributed by atoms with Gasteiger partial charge in [0.25, 0.3) is 11.1 Å². The molecule has 1 fully saturated rings. The van der Waals surface area contributed by atoms with Crippen molar-refractivity contribution in [3.63, 3.8) is 0 Å². The Labute approximate surface area is 154 Å². The van der Waals surface area contributed by atoms with E-state index in [1.807, 2.05) is 11.0 Å². The van der Waals surface area contributed by atoms with Crippen molar-refractivity contribution in [3.8, 4) is 6.07 Å². The maximum atomic E-state index is 12.3. The lowest BCUT2D eigenvalue weighted by Gasteiger charge is -2.34. The summed E-state index contributed by atoms with van der Waals surface area (Å²) in [5.41, 5.74) is -1.43. The molecule has 10 heteroatoms. The lowest BCUT2D eigenvalue weighted by molar-refractivity contribution is 0.518. The molecule has 10 nitrogen and oxygen atoms in total. The number of rotatable bonds is 3. The van der Waals surface area contributed by atoms with Crippen LogP contribution in [0.3, 0.4) is 0 Å². The summed E-state index contributed by atoms with van der Waals surface area (Å²) in [6.07, 6.45) is 4.75. The van der Waals surface area contributed by atoms with E-state index < -0.39 is 11.2 Å². The monoisotopic (exact) mass is 371 g/mol.